The van der Waals surface area contributed by atoms with Crippen LogP contribution in [0.3, 0.4) is 0 Å². The molecule has 0 aromatic rings. The van der Waals surface area contributed by atoms with Crippen LogP contribution < -0.4 is 5.32 Å². The number of unbranched alkanes of at least 4 members (excludes halogenated alkanes) is 17. The number of hydrogen-bond donors (Lipinski definition) is 3. The molecule has 0 heterocycles. The Bertz CT molecular complexity index is 1330. The highest BCUT2D eigenvalue weighted by atomic mass is 16.5. The number of hydrogen-bond acceptors (Lipinski definition) is 5. The molecule has 0 spiro atoms. The lowest BCUT2D eigenvalue weighted by Gasteiger charge is -2.24. The van der Waals surface area contributed by atoms with Gasteiger partial charge >= 0.3 is 5.97 Å². The molecule has 6 nitrogen and oxygen atoms in total. The molecule has 3 N–H and O–H groups in total. The van der Waals surface area contributed by atoms with Gasteiger partial charge in [0.05, 0.1) is 25.2 Å². The summed E-state index contributed by atoms with van der Waals surface area (Å²) < 4.78 is 5.83. The minimum absolute atomic E-state index is 0.0341. The lowest BCUT2D eigenvalue weighted by atomic mass is 10.0. The van der Waals surface area contributed by atoms with E-state index in [4.69, 9.17) is 4.74 Å². The maximum atomic E-state index is 13.2. The van der Waals surface area contributed by atoms with Crippen molar-refractivity contribution in [3.05, 3.63) is 109 Å². The number of carbonyl (C=O) groups is 2. The molecule has 65 heavy (non-hydrogen) atoms. The van der Waals surface area contributed by atoms with Gasteiger partial charge in [0, 0.05) is 12.8 Å². The molecule has 0 aromatic carbocycles. The molecule has 0 bridgehead atoms. The average molecular weight is 902 g/mol. The standard InChI is InChI=1S/C59H99NO5/c1-4-7-10-13-16-19-22-25-28-31-34-37-40-43-46-49-52-59(64)65-55(50-47-44-41-38-35-32-29-26-23-20-17-14-11-8-5-2)53-58(63)60-56(54-61)57(62)51-48-45-42-39-36-33-30-27-24-21-18-15-12-9-6-3/h7,10,16-17,19-20,25-26,28-29,34-35,37-38,43-44,46-47,55-57,61-62H,4-6,8-9,11-15,18,21-24,27,30-33,36,39-42,45,48-54H2,1-3H3,(H,60,63)/b10-7+,19-16+,20-17-,28-25+,29-26-,37-34+,38-35-,46-43+,47-44-. The number of esters is 1. The number of aliphatic hydroxyl groups is 2. The average Bonchev–Trinajstić information content (AvgIpc) is 3.30. The predicted octanol–water partition coefficient (Wildman–Crippen LogP) is 16.3. The fourth-order valence-corrected chi connectivity index (χ4v) is 7.34. The van der Waals surface area contributed by atoms with Gasteiger partial charge < -0.3 is 20.3 Å². The van der Waals surface area contributed by atoms with E-state index in [0.29, 0.717) is 19.3 Å². The van der Waals surface area contributed by atoms with E-state index < -0.39 is 18.2 Å². The Labute approximate surface area is 400 Å². The van der Waals surface area contributed by atoms with E-state index in [9.17, 15) is 19.8 Å². The van der Waals surface area contributed by atoms with Gasteiger partial charge in [0.25, 0.3) is 0 Å². The van der Waals surface area contributed by atoms with E-state index in [2.05, 4.69) is 117 Å². The summed E-state index contributed by atoms with van der Waals surface area (Å²) in [5.74, 6) is -0.683. The van der Waals surface area contributed by atoms with E-state index in [1.807, 2.05) is 18.2 Å². The van der Waals surface area contributed by atoms with Crippen LogP contribution in [-0.2, 0) is 14.3 Å². The second-order valence-corrected chi connectivity index (χ2v) is 17.5. The topological polar surface area (TPSA) is 95.9 Å². The SMILES string of the molecule is CC/C=C/C/C=C/C/C=C/C/C=C/C/C=C/CCC(=O)OC(C/C=C\C/C=C\C/C=C\C/C=C\CCCCC)CC(=O)NC(CO)C(O)CCCCCCCCCCCCCCCCC. The third kappa shape index (κ3) is 46.8. The van der Waals surface area contributed by atoms with Crippen molar-refractivity contribution in [1.29, 1.82) is 0 Å². The zero-order valence-electron chi connectivity index (χ0n) is 42.1. The number of allylic oxidation sites excluding steroid dienone is 17. The number of carbonyl (C=O) groups excluding carboxylic acids is 2. The second-order valence-electron chi connectivity index (χ2n) is 17.5. The molecule has 1 amide bonds. The maximum absolute atomic E-state index is 13.2. The first-order valence-electron chi connectivity index (χ1n) is 26.6. The molecule has 0 radical (unpaired) electrons. The summed E-state index contributed by atoms with van der Waals surface area (Å²) in [6.07, 6.45) is 70.3. The van der Waals surface area contributed by atoms with Crippen molar-refractivity contribution < 1.29 is 24.5 Å². The number of aliphatic hydroxyl groups excluding tert-OH is 2. The minimum atomic E-state index is -0.830. The molecule has 0 fully saturated rings. The monoisotopic (exact) mass is 902 g/mol. The third-order valence-electron chi connectivity index (χ3n) is 11.4. The van der Waals surface area contributed by atoms with Crippen molar-refractivity contribution >= 4 is 11.9 Å². The molecule has 0 aromatic heterocycles. The van der Waals surface area contributed by atoms with E-state index >= 15 is 0 Å². The van der Waals surface area contributed by atoms with Crippen LogP contribution >= 0.6 is 0 Å². The highest BCUT2D eigenvalue weighted by Gasteiger charge is 2.23. The molecule has 6 heteroatoms. The van der Waals surface area contributed by atoms with Crippen LogP contribution in [0.1, 0.15) is 226 Å². The molecular formula is C59H99NO5. The lowest BCUT2D eigenvalue weighted by molar-refractivity contribution is -0.150. The van der Waals surface area contributed by atoms with Crippen LogP contribution in [0, 0.1) is 0 Å². The van der Waals surface area contributed by atoms with Crippen molar-refractivity contribution in [1.82, 2.24) is 5.32 Å². The number of rotatable bonds is 46. The molecule has 3 unspecified atom stereocenters. The van der Waals surface area contributed by atoms with Gasteiger partial charge in [-0.25, -0.2) is 0 Å². The van der Waals surface area contributed by atoms with Gasteiger partial charge in [-0.2, -0.15) is 0 Å². The normalized spacial score (nSPS) is 14.1. The van der Waals surface area contributed by atoms with E-state index in [1.165, 1.54) is 96.3 Å². The Morgan fingerprint density at radius 3 is 1.31 bits per heavy atom. The molecule has 0 rings (SSSR count). The Morgan fingerprint density at radius 1 is 0.477 bits per heavy atom. The predicted molar refractivity (Wildman–Crippen MR) is 282 cm³/mol. The smallest absolute Gasteiger partial charge is 0.306 e. The Morgan fingerprint density at radius 2 is 0.862 bits per heavy atom. The van der Waals surface area contributed by atoms with E-state index in [-0.39, 0.29) is 31.3 Å². The van der Waals surface area contributed by atoms with Crippen LogP contribution in [-0.4, -0.2) is 46.9 Å². The maximum Gasteiger partial charge on any atom is 0.306 e. The summed E-state index contributed by atoms with van der Waals surface area (Å²) in [6, 6.07) is -0.752. The minimum Gasteiger partial charge on any atom is -0.461 e. The van der Waals surface area contributed by atoms with Gasteiger partial charge in [0.2, 0.25) is 5.91 Å². The summed E-state index contributed by atoms with van der Waals surface area (Å²) in [5.41, 5.74) is 0. The van der Waals surface area contributed by atoms with Crippen molar-refractivity contribution in [3.8, 4) is 0 Å². The molecule has 0 saturated heterocycles. The third-order valence-corrected chi connectivity index (χ3v) is 11.4. The van der Waals surface area contributed by atoms with E-state index in [1.54, 1.807) is 0 Å². The number of ether oxygens (including phenoxy) is 1. The molecule has 3 atom stereocenters. The van der Waals surface area contributed by atoms with Gasteiger partial charge in [0.1, 0.15) is 6.10 Å². The zero-order chi connectivity index (χ0) is 47.4. The summed E-state index contributed by atoms with van der Waals surface area (Å²) in [4.78, 5) is 26.1. The summed E-state index contributed by atoms with van der Waals surface area (Å²) >= 11 is 0. The van der Waals surface area contributed by atoms with Crippen LogP contribution in [0.4, 0.5) is 0 Å². The second kappa shape index (κ2) is 51.5. The Hall–Kier alpha value is -3.48. The number of nitrogens with one attached hydrogen (secondary N) is 1. The fourth-order valence-electron chi connectivity index (χ4n) is 7.34. The summed E-state index contributed by atoms with van der Waals surface area (Å²) in [7, 11) is 0. The van der Waals surface area contributed by atoms with Gasteiger partial charge in [0.15, 0.2) is 0 Å². The van der Waals surface area contributed by atoms with Crippen LogP contribution in [0.25, 0.3) is 0 Å². The van der Waals surface area contributed by atoms with E-state index in [0.717, 1.165) is 77.0 Å². The van der Waals surface area contributed by atoms with Crippen molar-refractivity contribution in [2.45, 2.75) is 244 Å². The van der Waals surface area contributed by atoms with Gasteiger partial charge in [-0.05, 0) is 77.0 Å². The van der Waals surface area contributed by atoms with Crippen molar-refractivity contribution in [3.63, 3.8) is 0 Å². The lowest BCUT2D eigenvalue weighted by Crippen LogP contribution is -2.46. The largest absolute Gasteiger partial charge is 0.461 e. The van der Waals surface area contributed by atoms with Gasteiger partial charge in [-0.3, -0.25) is 9.59 Å². The van der Waals surface area contributed by atoms with Crippen LogP contribution in [0.5, 0.6) is 0 Å². The van der Waals surface area contributed by atoms with Gasteiger partial charge in [-0.15, -0.1) is 0 Å². The Balaban J connectivity index is 4.81. The highest BCUT2D eigenvalue weighted by Crippen LogP contribution is 2.16. The summed E-state index contributed by atoms with van der Waals surface area (Å²) in [6.45, 7) is 6.29. The van der Waals surface area contributed by atoms with Gasteiger partial charge in [-0.1, -0.05) is 239 Å². The fraction of sp³-hybridized carbons (Fsp3) is 0.661. The first-order valence-corrected chi connectivity index (χ1v) is 26.6. The van der Waals surface area contributed by atoms with Crippen molar-refractivity contribution in [2.24, 2.45) is 0 Å². The number of amides is 1. The quantitative estimate of drug-likeness (QED) is 0.0321. The molecule has 0 aliphatic heterocycles. The zero-order valence-corrected chi connectivity index (χ0v) is 42.1. The van der Waals surface area contributed by atoms with Crippen LogP contribution in [0.15, 0.2) is 109 Å². The van der Waals surface area contributed by atoms with Crippen LogP contribution in [0.2, 0.25) is 0 Å². The first-order chi connectivity index (χ1) is 32.0. The molecule has 370 valence electrons. The highest BCUT2D eigenvalue weighted by molar-refractivity contribution is 5.77. The Kier molecular flexibility index (Phi) is 48.7. The molecular weight excluding hydrogens is 803 g/mol. The first kappa shape index (κ1) is 61.5. The molecule has 0 aliphatic carbocycles. The molecule has 0 aliphatic rings. The summed E-state index contributed by atoms with van der Waals surface area (Å²) in [5, 5.41) is 23.8. The molecule has 0 saturated carbocycles. The van der Waals surface area contributed by atoms with Crippen molar-refractivity contribution in [2.75, 3.05) is 6.61 Å².